The smallest absolute Gasteiger partial charge is 0.274 e. The fourth-order valence-corrected chi connectivity index (χ4v) is 1.91. The monoisotopic (exact) mass is 293 g/mol. The molecule has 0 unspecified atom stereocenters. The Morgan fingerprint density at radius 3 is 2.43 bits per heavy atom. The van der Waals surface area contributed by atoms with Gasteiger partial charge in [0.2, 0.25) is 0 Å². The van der Waals surface area contributed by atoms with Crippen LogP contribution in [0.25, 0.3) is 0 Å². The third-order valence-corrected chi connectivity index (χ3v) is 2.92. The molecular weight excluding hydrogens is 266 g/mol. The van der Waals surface area contributed by atoms with Crippen molar-refractivity contribution in [3.8, 4) is 0 Å². The summed E-state index contributed by atoms with van der Waals surface area (Å²) in [6.45, 7) is 9.24. The Balaban J connectivity index is 2.77. The fourth-order valence-electron chi connectivity index (χ4n) is 1.91. The quantitative estimate of drug-likeness (QED) is 0.788. The topological polar surface area (TPSA) is 61.4 Å². The van der Waals surface area contributed by atoms with Gasteiger partial charge in [0.1, 0.15) is 11.5 Å². The van der Waals surface area contributed by atoms with Crippen LogP contribution >= 0.6 is 0 Å². The first kappa shape index (κ1) is 17.4. The van der Waals surface area contributed by atoms with Crippen molar-refractivity contribution in [3.05, 3.63) is 18.1 Å². The first-order chi connectivity index (χ1) is 9.93. The van der Waals surface area contributed by atoms with Gasteiger partial charge in [-0.25, -0.2) is 9.97 Å². The number of carbonyl (C=O) groups excluding carboxylic acids is 1. The van der Waals surface area contributed by atoms with Crippen molar-refractivity contribution < 1.29 is 4.79 Å². The minimum absolute atomic E-state index is 0.0545. The highest BCUT2D eigenvalue weighted by molar-refractivity contribution is 5.92. The van der Waals surface area contributed by atoms with Crippen LogP contribution in [-0.4, -0.2) is 65.9 Å². The third-order valence-electron chi connectivity index (χ3n) is 2.92. The van der Waals surface area contributed by atoms with E-state index in [0.717, 1.165) is 19.6 Å². The maximum absolute atomic E-state index is 12.5. The molecule has 0 saturated carbocycles. The average Bonchev–Trinajstić information content (AvgIpc) is 2.43. The highest BCUT2D eigenvalue weighted by atomic mass is 16.2. The normalized spacial score (nSPS) is 11.0. The van der Waals surface area contributed by atoms with Crippen molar-refractivity contribution in [3.63, 3.8) is 0 Å². The molecule has 0 bridgehead atoms. The summed E-state index contributed by atoms with van der Waals surface area (Å²) in [5.41, 5.74) is 0.399. The van der Waals surface area contributed by atoms with E-state index in [2.05, 4.69) is 34.0 Å². The van der Waals surface area contributed by atoms with Crippen molar-refractivity contribution in [2.45, 2.75) is 20.8 Å². The minimum atomic E-state index is -0.0545. The van der Waals surface area contributed by atoms with Crippen molar-refractivity contribution in [2.75, 3.05) is 45.6 Å². The summed E-state index contributed by atoms with van der Waals surface area (Å²) in [6, 6.07) is 0. The average molecular weight is 293 g/mol. The van der Waals surface area contributed by atoms with Crippen LogP contribution in [0.5, 0.6) is 0 Å². The number of nitrogens with zero attached hydrogens (tertiary/aromatic N) is 4. The molecule has 118 valence electrons. The lowest BCUT2D eigenvalue weighted by Crippen LogP contribution is -2.39. The van der Waals surface area contributed by atoms with Gasteiger partial charge in [-0.05, 0) is 26.9 Å². The largest absolute Gasteiger partial charge is 0.369 e. The zero-order chi connectivity index (χ0) is 15.8. The molecule has 1 rings (SSSR count). The summed E-state index contributed by atoms with van der Waals surface area (Å²) >= 11 is 0. The Hall–Kier alpha value is -1.69. The maximum atomic E-state index is 12.5. The number of nitrogens with one attached hydrogen (secondary N) is 1. The predicted molar refractivity (Wildman–Crippen MR) is 85.5 cm³/mol. The Morgan fingerprint density at radius 1 is 1.24 bits per heavy atom. The molecular formula is C15H27N5O. The van der Waals surface area contributed by atoms with Gasteiger partial charge in [-0.3, -0.25) is 4.79 Å². The van der Waals surface area contributed by atoms with Crippen LogP contribution in [0.4, 0.5) is 5.82 Å². The molecule has 0 aliphatic carbocycles. The van der Waals surface area contributed by atoms with E-state index in [1.165, 1.54) is 0 Å². The van der Waals surface area contributed by atoms with Crippen molar-refractivity contribution in [1.29, 1.82) is 0 Å². The molecule has 0 fully saturated rings. The Labute approximate surface area is 127 Å². The lowest BCUT2D eigenvalue weighted by molar-refractivity contribution is 0.0718. The second-order valence-electron chi connectivity index (χ2n) is 5.77. The molecule has 1 aromatic heterocycles. The molecule has 0 aromatic carbocycles. The van der Waals surface area contributed by atoms with Crippen LogP contribution in [-0.2, 0) is 0 Å². The van der Waals surface area contributed by atoms with Gasteiger partial charge in [-0.1, -0.05) is 13.8 Å². The number of amides is 1. The number of anilines is 1. The van der Waals surface area contributed by atoms with Gasteiger partial charge in [0, 0.05) is 26.2 Å². The molecule has 1 amide bonds. The van der Waals surface area contributed by atoms with Crippen molar-refractivity contribution >= 4 is 11.7 Å². The number of hydrogen-bond donors (Lipinski definition) is 1. The Kier molecular flexibility index (Phi) is 7.08. The molecule has 6 heteroatoms. The molecule has 1 heterocycles. The SMILES string of the molecule is CCNc1cnc(C(=O)N(CCN(C)C)CC(C)C)cn1. The van der Waals surface area contributed by atoms with Crippen molar-refractivity contribution in [2.24, 2.45) is 5.92 Å². The summed E-state index contributed by atoms with van der Waals surface area (Å²) in [5, 5.41) is 3.07. The zero-order valence-electron chi connectivity index (χ0n) is 13.8. The molecule has 0 atom stereocenters. The van der Waals surface area contributed by atoms with Crippen LogP contribution in [0.15, 0.2) is 12.4 Å². The summed E-state index contributed by atoms with van der Waals surface area (Å²) in [6.07, 6.45) is 3.15. The maximum Gasteiger partial charge on any atom is 0.274 e. The van der Waals surface area contributed by atoms with E-state index in [1.54, 1.807) is 12.4 Å². The van der Waals surface area contributed by atoms with Gasteiger partial charge < -0.3 is 15.1 Å². The van der Waals surface area contributed by atoms with Gasteiger partial charge in [-0.2, -0.15) is 0 Å². The third kappa shape index (κ3) is 6.08. The van der Waals surface area contributed by atoms with Crippen molar-refractivity contribution in [1.82, 2.24) is 19.8 Å². The highest BCUT2D eigenvalue weighted by Gasteiger charge is 2.18. The van der Waals surface area contributed by atoms with E-state index in [9.17, 15) is 4.79 Å². The van der Waals surface area contributed by atoms with E-state index in [1.807, 2.05) is 25.9 Å². The van der Waals surface area contributed by atoms with E-state index in [-0.39, 0.29) is 5.91 Å². The fraction of sp³-hybridized carbons (Fsp3) is 0.667. The first-order valence-corrected chi connectivity index (χ1v) is 7.44. The van der Waals surface area contributed by atoms with Gasteiger partial charge in [0.05, 0.1) is 12.4 Å². The van der Waals surface area contributed by atoms with Crippen LogP contribution < -0.4 is 5.32 Å². The lowest BCUT2D eigenvalue weighted by Gasteiger charge is -2.25. The summed E-state index contributed by atoms with van der Waals surface area (Å²) < 4.78 is 0. The highest BCUT2D eigenvalue weighted by Crippen LogP contribution is 2.07. The minimum Gasteiger partial charge on any atom is -0.369 e. The predicted octanol–water partition coefficient (Wildman–Crippen LogP) is 1.57. The molecule has 0 aliphatic rings. The van der Waals surface area contributed by atoms with Gasteiger partial charge in [0.25, 0.3) is 5.91 Å². The zero-order valence-corrected chi connectivity index (χ0v) is 13.8. The first-order valence-electron chi connectivity index (χ1n) is 7.44. The van der Waals surface area contributed by atoms with Gasteiger partial charge in [0.15, 0.2) is 0 Å². The number of aromatic nitrogens is 2. The number of hydrogen-bond acceptors (Lipinski definition) is 5. The second kappa shape index (κ2) is 8.56. The number of likely N-dealkylation sites (N-methyl/N-ethyl adjacent to an activating group) is 1. The van der Waals surface area contributed by atoms with Gasteiger partial charge in [-0.15, -0.1) is 0 Å². The summed E-state index contributed by atoms with van der Waals surface area (Å²) in [5.74, 6) is 1.06. The molecule has 1 aromatic rings. The van der Waals surface area contributed by atoms with Crippen LogP contribution in [0.1, 0.15) is 31.3 Å². The Bertz CT molecular complexity index is 430. The molecule has 0 aliphatic heterocycles. The standard InChI is InChI=1S/C15H27N5O/c1-6-16-14-10-17-13(9-18-14)15(21)20(11-12(2)3)8-7-19(4)5/h9-10,12H,6-8,11H2,1-5H3,(H,16,18). The van der Waals surface area contributed by atoms with E-state index >= 15 is 0 Å². The van der Waals surface area contributed by atoms with Crippen LogP contribution in [0, 0.1) is 5.92 Å². The summed E-state index contributed by atoms with van der Waals surface area (Å²) in [7, 11) is 4.01. The summed E-state index contributed by atoms with van der Waals surface area (Å²) in [4.78, 5) is 24.9. The van der Waals surface area contributed by atoms with Crippen LogP contribution in [0.3, 0.4) is 0 Å². The lowest BCUT2D eigenvalue weighted by atomic mass is 10.2. The molecule has 0 spiro atoms. The number of rotatable bonds is 8. The molecule has 21 heavy (non-hydrogen) atoms. The van der Waals surface area contributed by atoms with E-state index < -0.39 is 0 Å². The van der Waals surface area contributed by atoms with E-state index in [4.69, 9.17) is 0 Å². The molecule has 0 saturated heterocycles. The van der Waals surface area contributed by atoms with Crippen LogP contribution in [0.2, 0.25) is 0 Å². The van der Waals surface area contributed by atoms with E-state index in [0.29, 0.717) is 24.0 Å². The number of carbonyl (C=O) groups is 1. The second-order valence-corrected chi connectivity index (χ2v) is 5.77. The molecule has 6 nitrogen and oxygen atoms in total. The molecule has 0 radical (unpaired) electrons. The molecule has 1 N–H and O–H groups in total. The van der Waals surface area contributed by atoms with Gasteiger partial charge >= 0.3 is 0 Å². The Morgan fingerprint density at radius 2 is 1.95 bits per heavy atom.